The molecule has 0 unspecified atom stereocenters. The quantitative estimate of drug-likeness (QED) is 0.854. The molecule has 0 saturated heterocycles. The molecule has 0 aliphatic heterocycles. The summed E-state index contributed by atoms with van der Waals surface area (Å²) in [4.78, 5) is 8.61. The maximum absolute atomic E-state index is 5.64. The summed E-state index contributed by atoms with van der Waals surface area (Å²) < 4.78 is 1.78. The Morgan fingerprint density at radius 1 is 1.40 bits per heavy atom. The standard InChI is InChI=1S/C9H13N5S/c1-3-7-12-8(4-2)14(13-7)9-11-5-6(10)15-9/h5H,3-4,10H2,1-2H3. The molecule has 2 aromatic rings. The van der Waals surface area contributed by atoms with Crippen LogP contribution in [0.1, 0.15) is 25.5 Å². The van der Waals surface area contributed by atoms with E-state index in [1.165, 1.54) is 11.3 Å². The molecule has 0 aliphatic rings. The van der Waals surface area contributed by atoms with Crippen molar-refractivity contribution in [3.63, 3.8) is 0 Å². The predicted octanol–water partition coefficient (Wildman–Crippen LogP) is 1.43. The summed E-state index contributed by atoms with van der Waals surface area (Å²) in [6.45, 7) is 4.09. The van der Waals surface area contributed by atoms with Gasteiger partial charge in [-0.15, -0.1) is 5.10 Å². The molecule has 0 aliphatic carbocycles. The van der Waals surface area contributed by atoms with E-state index in [4.69, 9.17) is 5.73 Å². The zero-order valence-electron chi connectivity index (χ0n) is 8.77. The lowest BCUT2D eigenvalue weighted by Gasteiger charge is -1.97. The van der Waals surface area contributed by atoms with Gasteiger partial charge in [-0.1, -0.05) is 25.2 Å². The van der Waals surface area contributed by atoms with Crippen LogP contribution in [0.25, 0.3) is 5.13 Å². The van der Waals surface area contributed by atoms with Crippen molar-refractivity contribution in [1.29, 1.82) is 0 Å². The van der Waals surface area contributed by atoms with Crippen molar-refractivity contribution >= 4 is 16.3 Å². The lowest BCUT2D eigenvalue weighted by atomic mass is 10.4. The predicted molar refractivity (Wildman–Crippen MR) is 60.2 cm³/mol. The van der Waals surface area contributed by atoms with Crippen molar-refractivity contribution in [2.75, 3.05) is 5.73 Å². The third kappa shape index (κ3) is 1.85. The molecule has 0 atom stereocenters. The number of hydrogen-bond donors (Lipinski definition) is 1. The minimum Gasteiger partial charge on any atom is -0.389 e. The van der Waals surface area contributed by atoms with Crippen LogP contribution in [0.3, 0.4) is 0 Å². The second-order valence-corrected chi connectivity index (χ2v) is 4.15. The summed E-state index contributed by atoms with van der Waals surface area (Å²) in [6, 6.07) is 0. The van der Waals surface area contributed by atoms with Crippen LogP contribution in [0.4, 0.5) is 5.00 Å². The van der Waals surface area contributed by atoms with Gasteiger partial charge in [0.05, 0.1) is 6.20 Å². The molecular formula is C9H13N5S. The maximum atomic E-state index is 5.64. The first kappa shape index (κ1) is 10.1. The fourth-order valence-electron chi connectivity index (χ4n) is 1.30. The number of aryl methyl sites for hydroxylation is 2. The first-order valence-corrected chi connectivity index (χ1v) is 5.72. The summed E-state index contributed by atoms with van der Waals surface area (Å²) in [7, 11) is 0. The van der Waals surface area contributed by atoms with Crippen LogP contribution >= 0.6 is 11.3 Å². The molecule has 5 nitrogen and oxygen atoms in total. The van der Waals surface area contributed by atoms with Crippen molar-refractivity contribution in [2.45, 2.75) is 26.7 Å². The molecular weight excluding hydrogens is 210 g/mol. The van der Waals surface area contributed by atoms with Crippen molar-refractivity contribution in [3.8, 4) is 5.13 Å². The Balaban J connectivity index is 2.46. The molecule has 6 heteroatoms. The second kappa shape index (κ2) is 3.98. The molecule has 0 amide bonds. The molecule has 0 aromatic carbocycles. The minimum atomic E-state index is 0.695. The van der Waals surface area contributed by atoms with E-state index >= 15 is 0 Å². The van der Waals surface area contributed by atoms with Gasteiger partial charge in [-0.2, -0.15) is 4.68 Å². The third-order valence-corrected chi connectivity index (χ3v) is 2.85. The normalized spacial score (nSPS) is 10.8. The van der Waals surface area contributed by atoms with Gasteiger partial charge in [0.1, 0.15) is 10.8 Å². The number of anilines is 1. The number of nitrogens with zero attached hydrogens (tertiary/aromatic N) is 4. The third-order valence-electron chi connectivity index (χ3n) is 2.04. The first-order chi connectivity index (χ1) is 7.24. The maximum Gasteiger partial charge on any atom is 0.214 e. The number of thiazole rings is 1. The molecule has 0 spiro atoms. The van der Waals surface area contributed by atoms with Crippen LogP contribution in [0.5, 0.6) is 0 Å². The lowest BCUT2D eigenvalue weighted by molar-refractivity contribution is 0.784. The van der Waals surface area contributed by atoms with E-state index < -0.39 is 0 Å². The van der Waals surface area contributed by atoms with Gasteiger partial charge in [0.15, 0.2) is 5.82 Å². The molecule has 2 heterocycles. The number of rotatable bonds is 3. The molecule has 2 aromatic heterocycles. The fraction of sp³-hybridized carbons (Fsp3) is 0.444. The van der Waals surface area contributed by atoms with Gasteiger partial charge in [-0.25, -0.2) is 9.97 Å². The largest absolute Gasteiger partial charge is 0.389 e. The highest BCUT2D eigenvalue weighted by atomic mass is 32.1. The zero-order valence-corrected chi connectivity index (χ0v) is 9.58. The van der Waals surface area contributed by atoms with E-state index in [0.717, 1.165) is 29.6 Å². The van der Waals surface area contributed by atoms with Crippen LogP contribution in [-0.2, 0) is 12.8 Å². The SMILES string of the molecule is CCc1nc(CC)n(-c2ncc(N)s2)n1. The van der Waals surface area contributed by atoms with E-state index in [-0.39, 0.29) is 0 Å². The Bertz CT molecular complexity index is 459. The van der Waals surface area contributed by atoms with Crippen LogP contribution < -0.4 is 5.73 Å². The van der Waals surface area contributed by atoms with Crippen LogP contribution in [0.2, 0.25) is 0 Å². The van der Waals surface area contributed by atoms with Gasteiger partial charge in [0.2, 0.25) is 5.13 Å². The number of aromatic nitrogens is 4. The summed E-state index contributed by atoms with van der Waals surface area (Å²) in [5, 5.41) is 5.86. The van der Waals surface area contributed by atoms with Gasteiger partial charge >= 0.3 is 0 Å². The van der Waals surface area contributed by atoms with E-state index in [1.807, 2.05) is 6.92 Å². The second-order valence-electron chi connectivity index (χ2n) is 3.11. The highest BCUT2D eigenvalue weighted by Gasteiger charge is 2.11. The van der Waals surface area contributed by atoms with Crippen LogP contribution in [0, 0.1) is 0 Å². The summed E-state index contributed by atoms with van der Waals surface area (Å²) in [6.07, 6.45) is 3.32. The van der Waals surface area contributed by atoms with E-state index in [1.54, 1.807) is 10.9 Å². The summed E-state index contributed by atoms with van der Waals surface area (Å²) in [5.41, 5.74) is 5.64. The minimum absolute atomic E-state index is 0.695. The monoisotopic (exact) mass is 223 g/mol. The van der Waals surface area contributed by atoms with Gasteiger partial charge < -0.3 is 5.73 Å². The molecule has 0 bridgehead atoms. The number of hydrogen-bond acceptors (Lipinski definition) is 5. The molecule has 0 saturated carbocycles. The highest BCUT2D eigenvalue weighted by molar-refractivity contribution is 7.17. The van der Waals surface area contributed by atoms with Gasteiger partial charge in [0.25, 0.3) is 0 Å². The van der Waals surface area contributed by atoms with Crippen molar-refractivity contribution < 1.29 is 0 Å². The average Bonchev–Trinajstić information content (AvgIpc) is 2.82. The summed E-state index contributed by atoms with van der Waals surface area (Å²) >= 11 is 1.42. The smallest absolute Gasteiger partial charge is 0.214 e. The molecule has 80 valence electrons. The number of nitrogen functional groups attached to an aromatic ring is 1. The Morgan fingerprint density at radius 2 is 2.20 bits per heavy atom. The van der Waals surface area contributed by atoms with E-state index in [0.29, 0.717) is 5.00 Å². The van der Waals surface area contributed by atoms with Crippen molar-refractivity contribution in [2.24, 2.45) is 0 Å². The topological polar surface area (TPSA) is 69.6 Å². The van der Waals surface area contributed by atoms with Gasteiger partial charge in [-0.05, 0) is 0 Å². The number of nitrogens with two attached hydrogens (primary N) is 1. The molecule has 0 radical (unpaired) electrons. The van der Waals surface area contributed by atoms with Gasteiger partial charge in [0, 0.05) is 12.8 Å². The summed E-state index contributed by atoms with van der Waals surface area (Å²) in [5.74, 6) is 1.78. The van der Waals surface area contributed by atoms with Crippen molar-refractivity contribution in [3.05, 3.63) is 17.8 Å². The molecule has 15 heavy (non-hydrogen) atoms. The van der Waals surface area contributed by atoms with Crippen LogP contribution in [-0.4, -0.2) is 19.7 Å². The van der Waals surface area contributed by atoms with Crippen molar-refractivity contribution in [1.82, 2.24) is 19.7 Å². The molecule has 0 fully saturated rings. The Kier molecular flexibility index (Phi) is 2.68. The Labute approximate surface area is 92.0 Å². The molecule has 2 rings (SSSR count). The van der Waals surface area contributed by atoms with Crippen LogP contribution in [0.15, 0.2) is 6.20 Å². The Morgan fingerprint density at radius 3 is 2.73 bits per heavy atom. The zero-order chi connectivity index (χ0) is 10.8. The lowest BCUT2D eigenvalue weighted by Crippen LogP contribution is -2.01. The Hall–Kier alpha value is -1.43. The fourth-order valence-corrected chi connectivity index (χ4v) is 1.95. The van der Waals surface area contributed by atoms with E-state index in [9.17, 15) is 0 Å². The average molecular weight is 223 g/mol. The molecule has 2 N–H and O–H groups in total. The highest BCUT2D eigenvalue weighted by Crippen LogP contribution is 2.19. The van der Waals surface area contributed by atoms with Gasteiger partial charge in [-0.3, -0.25) is 0 Å². The van der Waals surface area contributed by atoms with E-state index in [2.05, 4.69) is 22.0 Å². The first-order valence-electron chi connectivity index (χ1n) is 4.91.